The van der Waals surface area contributed by atoms with E-state index in [1.165, 1.54) is 0 Å². The average Bonchev–Trinajstić information content (AvgIpc) is 3.44. The second kappa shape index (κ2) is 10.5. The lowest BCUT2D eigenvalue weighted by Gasteiger charge is -2.40. The fourth-order valence-electron chi connectivity index (χ4n) is 7.15. The first-order chi connectivity index (χ1) is 18.0. The molecule has 0 radical (unpaired) electrons. The fourth-order valence-corrected chi connectivity index (χ4v) is 9.48. The van der Waals surface area contributed by atoms with Gasteiger partial charge in [-0.15, -0.1) is 24.9 Å². The maximum absolute atomic E-state index is 14.8. The van der Waals surface area contributed by atoms with Crippen LogP contribution in [0.3, 0.4) is 0 Å². The Hall–Kier alpha value is -2.58. The monoisotopic (exact) mass is 539 g/mol. The van der Waals surface area contributed by atoms with Crippen LogP contribution in [0.15, 0.2) is 43.5 Å². The predicted molar refractivity (Wildman–Crippen MR) is 153 cm³/mol. The van der Waals surface area contributed by atoms with Crippen LogP contribution in [0.2, 0.25) is 0 Å². The van der Waals surface area contributed by atoms with Gasteiger partial charge < -0.3 is 19.8 Å². The Kier molecular flexibility index (Phi) is 7.88. The van der Waals surface area contributed by atoms with Crippen molar-refractivity contribution in [3.05, 3.63) is 54.6 Å². The molecule has 2 unspecified atom stereocenters. The first-order valence-electron chi connectivity index (χ1n) is 13.5. The van der Waals surface area contributed by atoms with Gasteiger partial charge in [-0.2, -0.15) is 0 Å². The zero-order valence-electron chi connectivity index (χ0n) is 23.3. The van der Waals surface area contributed by atoms with Crippen molar-refractivity contribution in [2.24, 2.45) is 11.8 Å². The lowest BCUT2D eigenvalue weighted by molar-refractivity contribution is -0.145. The molecule has 8 heteroatoms. The van der Waals surface area contributed by atoms with Crippen molar-refractivity contribution < 1.29 is 19.5 Å². The molecule has 6 atom stereocenters. The van der Waals surface area contributed by atoms with Crippen LogP contribution in [0, 0.1) is 25.7 Å². The summed E-state index contributed by atoms with van der Waals surface area (Å²) in [6, 6.07) is 4.64. The molecule has 0 aliphatic carbocycles. The quantitative estimate of drug-likeness (QED) is 0.459. The molecule has 38 heavy (non-hydrogen) atoms. The van der Waals surface area contributed by atoms with Crippen LogP contribution in [0.1, 0.15) is 44.2 Å². The lowest BCUT2D eigenvalue weighted by atomic mass is 9.66. The number of benzene rings is 1. The summed E-state index contributed by atoms with van der Waals surface area (Å²) in [4.78, 5) is 47.9. The van der Waals surface area contributed by atoms with Gasteiger partial charge in [0.2, 0.25) is 11.8 Å². The molecule has 3 amide bonds. The Labute approximate surface area is 230 Å². The zero-order valence-corrected chi connectivity index (χ0v) is 24.1. The Bertz CT molecular complexity index is 1130. The number of para-hydroxylation sites is 1. The van der Waals surface area contributed by atoms with E-state index in [9.17, 15) is 19.5 Å². The average molecular weight is 540 g/mol. The molecule has 7 nitrogen and oxygen atoms in total. The molecule has 4 rings (SSSR count). The van der Waals surface area contributed by atoms with Gasteiger partial charge in [-0.25, -0.2) is 0 Å². The minimum atomic E-state index is -0.787. The molecule has 1 aromatic carbocycles. The number of hydrogen-bond donors (Lipinski definition) is 1. The van der Waals surface area contributed by atoms with E-state index in [1.807, 2.05) is 39.0 Å². The second-order valence-electron chi connectivity index (χ2n) is 11.2. The lowest BCUT2D eigenvalue weighted by Crippen LogP contribution is -2.57. The van der Waals surface area contributed by atoms with E-state index in [-0.39, 0.29) is 24.3 Å². The Morgan fingerprint density at radius 1 is 1.18 bits per heavy atom. The molecule has 3 fully saturated rings. The summed E-state index contributed by atoms with van der Waals surface area (Å²) >= 11 is 1.65. The van der Waals surface area contributed by atoms with Crippen LogP contribution in [0.4, 0.5) is 5.69 Å². The number of aryl methyl sites for hydroxylation is 2. The van der Waals surface area contributed by atoms with Gasteiger partial charge >= 0.3 is 0 Å². The molecule has 2 bridgehead atoms. The second-order valence-corrected chi connectivity index (χ2v) is 13.1. The number of thioether (sulfide) groups is 1. The Balaban J connectivity index is 1.88. The molecule has 3 heterocycles. The molecule has 3 saturated heterocycles. The number of aliphatic hydroxyl groups is 1. The predicted octanol–water partition coefficient (Wildman–Crippen LogP) is 3.72. The van der Waals surface area contributed by atoms with Gasteiger partial charge in [0.05, 0.1) is 29.2 Å². The van der Waals surface area contributed by atoms with Crippen molar-refractivity contribution >= 4 is 35.2 Å². The standard InChI is InChI=1S/C30H41N3O4S/c1-8-16-31(7)26(35)22-23-27(36)33(21(10-3)18-34)25(30(23)15-14-29(22,6)38-30)28(37)32(17-9-2)24-19(4)12-11-13-20(24)5/h8-9,11-13,21-23,25,34H,1-2,10,14-18H2,3-7H3/t21-,22-,23-,25?,29+,30?/m0/s1. The van der Waals surface area contributed by atoms with Gasteiger partial charge in [0.15, 0.2) is 0 Å². The highest BCUT2D eigenvalue weighted by molar-refractivity contribution is 8.02. The first kappa shape index (κ1) is 28.4. The van der Waals surface area contributed by atoms with E-state index >= 15 is 0 Å². The van der Waals surface area contributed by atoms with Crippen molar-refractivity contribution in [1.29, 1.82) is 0 Å². The van der Waals surface area contributed by atoms with Crippen LogP contribution in [-0.2, 0) is 14.4 Å². The molecule has 3 aliphatic rings. The van der Waals surface area contributed by atoms with Crippen molar-refractivity contribution in [2.75, 3.05) is 31.6 Å². The third-order valence-corrected chi connectivity index (χ3v) is 10.8. The number of hydrogen-bond acceptors (Lipinski definition) is 5. The van der Waals surface area contributed by atoms with Crippen LogP contribution in [-0.4, -0.2) is 80.9 Å². The number of rotatable bonds is 10. The number of carbonyl (C=O) groups is 3. The smallest absolute Gasteiger partial charge is 0.251 e. The minimum absolute atomic E-state index is 0.0809. The summed E-state index contributed by atoms with van der Waals surface area (Å²) in [5.74, 6) is -1.60. The normalized spacial score (nSPS) is 30.2. The molecule has 206 valence electrons. The number of amides is 3. The van der Waals surface area contributed by atoms with Crippen molar-refractivity contribution in [2.45, 2.75) is 68.5 Å². The third kappa shape index (κ3) is 4.11. The van der Waals surface area contributed by atoms with Crippen LogP contribution in [0.5, 0.6) is 0 Å². The summed E-state index contributed by atoms with van der Waals surface area (Å²) in [5.41, 5.74) is 2.76. The molecule has 0 saturated carbocycles. The highest BCUT2D eigenvalue weighted by Crippen LogP contribution is 2.72. The van der Waals surface area contributed by atoms with Gasteiger partial charge in [0.1, 0.15) is 6.04 Å². The van der Waals surface area contributed by atoms with Crippen molar-refractivity contribution in [1.82, 2.24) is 9.80 Å². The highest BCUT2D eigenvalue weighted by Gasteiger charge is 2.78. The van der Waals surface area contributed by atoms with Gasteiger partial charge in [-0.05, 0) is 51.2 Å². The first-order valence-corrected chi connectivity index (χ1v) is 14.3. The van der Waals surface area contributed by atoms with Crippen LogP contribution in [0.25, 0.3) is 0 Å². The van der Waals surface area contributed by atoms with E-state index < -0.39 is 33.4 Å². The minimum Gasteiger partial charge on any atom is -0.394 e. The van der Waals surface area contributed by atoms with E-state index in [0.29, 0.717) is 25.9 Å². The molecule has 0 aromatic heterocycles. The van der Waals surface area contributed by atoms with Crippen molar-refractivity contribution in [3.63, 3.8) is 0 Å². The summed E-state index contributed by atoms with van der Waals surface area (Å²) in [6.07, 6.45) is 5.32. The summed E-state index contributed by atoms with van der Waals surface area (Å²) in [5, 5.41) is 10.3. The molecular formula is C30H41N3O4S. The summed E-state index contributed by atoms with van der Waals surface area (Å²) < 4.78 is -1.18. The number of likely N-dealkylation sites (N-methyl/N-ethyl adjacent to an activating group) is 1. The van der Waals surface area contributed by atoms with Crippen LogP contribution < -0.4 is 4.90 Å². The van der Waals surface area contributed by atoms with E-state index in [4.69, 9.17) is 0 Å². The Morgan fingerprint density at radius 2 is 1.82 bits per heavy atom. The topological polar surface area (TPSA) is 81.2 Å². The van der Waals surface area contributed by atoms with E-state index in [1.54, 1.807) is 45.7 Å². The summed E-state index contributed by atoms with van der Waals surface area (Å²) in [6.45, 7) is 16.1. The highest BCUT2D eigenvalue weighted by atomic mass is 32.2. The van der Waals surface area contributed by atoms with Gasteiger partial charge in [-0.3, -0.25) is 14.4 Å². The maximum Gasteiger partial charge on any atom is 0.251 e. The molecule has 3 aliphatic heterocycles. The number of aliphatic hydroxyl groups excluding tert-OH is 1. The number of carbonyl (C=O) groups excluding carboxylic acids is 3. The molecular weight excluding hydrogens is 498 g/mol. The Morgan fingerprint density at radius 3 is 2.37 bits per heavy atom. The number of anilines is 1. The fraction of sp³-hybridized carbons (Fsp3) is 0.567. The molecule has 1 aromatic rings. The third-order valence-electron chi connectivity index (χ3n) is 8.86. The number of nitrogens with zero attached hydrogens (tertiary/aromatic N) is 3. The van der Waals surface area contributed by atoms with E-state index in [2.05, 4.69) is 20.1 Å². The van der Waals surface area contributed by atoms with Gasteiger partial charge in [-0.1, -0.05) is 37.3 Å². The number of fused-ring (bicyclic) bond motifs is 1. The zero-order chi connectivity index (χ0) is 28.0. The van der Waals surface area contributed by atoms with Gasteiger partial charge in [0, 0.05) is 30.6 Å². The van der Waals surface area contributed by atoms with Crippen molar-refractivity contribution in [3.8, 4) is 0 Å². The van der Waals surface area contributed by atoms with Crippen LogP contribution >= 0.6 is 11.8 Å². The maximum atomic E-state index is 14.8. The SMILES string of the molecule is C=CCN(C)C(=O)[C@@H]1[C@H]2C(=O)N([C@@H](CC)CO)C(C(=O)N(CC=C)c3c(C)cccc3C)C23CC[C@@]1(C)S3. The summed E-state index contributed by atoms with van der Waals surface area (Å²) in [7, 11) is 1.74. The molecule has 1 spiro atoms. The number of likely N-dealkylation sites (tertiary alicyclic amines) is 1. The van der Waals surface area contributed by atoms with E-state index in [0.717, 1.165) is 23.2 Å². The molecule has 1 N–H and O–H groups in total. The largest absolute Gasteiger partial charge is 0.394 e. The van der Waals surface area contributed by atoms with Gasteiger partial charge in [0.25, 0.3) is 5.91 Å².